The molecule has 0 saturated heterocycles. The van der Waals surface area contributed by atoms with Crippen molar-refractivity contribution in [1.82, 2.24) is 5.32 Å². The maximum absolute atomic E-state index is 3.69. The van der Waals surface area contributed by atoms with Crippen molar-refractivity contribution in [2.45, 2.75) is 45.4 Å². The van der Waals surface area contributed by atoms with Crippen molar-refractivity contribution in [1.29, 1.82) is 0 Å². The summed E-state index contributed by atoms with van der Waals surface area (Å²) in [7, 11) is 0. The summed E-state index contributed by atoms with van der Waals surface area (Å²) in [5.41, 5.74) is 2.10. The second-order valence-corrected chi connectivity index (χ2v) is 6.82. The number of benzene rings is 1. The lowest BCUT2D eigenvalue weighted by Crippen LogP contribution is -2.36. The highest BCUT2D eigenvalue weighted by Crippen LogP contribution is 2.63. The van der Waals surface area contributed by atoms with Gasteiger partial charge in [0.1, 0.15) is 0 Å². The molecular formula is C18H27N. The summed E-state index contributed by atoms with van der Waals surface area (Å²) in [5, 5.41) is 3.69. The molecular weight excluding hydrogens is 230 g/mol. The van der Waals surface area contributed by atoms with Crippen molar-refractivity contribution < 1.29 is 0 Å². The molecule has 0 aliphatic heterocycles. The van der Waals surface area contributed by atoms with Crippen molar-refractivity contribution in [3.05, 3.63) is 35.9 Å². The highest BCUT2D eigenvalue weighted by atomic mass is 14.9. The Labute approximate surface area is 117 Å². The number of nitrogens with one attached hydrogen (secondary N) is 1. The van der Waals surface area contributed by atoms with Crippen LogP contribution in [0.2, 0.25) is 0 Å². The predicted octanol–water partition coefficient (Wildman–Crippen LogP) is 4.21. The molecule has 2 aliphatic carbocycles. The van der Waals surface area contributed by atoms with Crippen LogP contribution in [0.3, 0.4) is 0 Å². The SMILES string of the molecule is CCCNCC(C)(C1CC1)C1CC1c1ccccc1. The third-order valence-electron chi connectivity index (χ3n) is 5.31. The van der Waals surface area contributed by atoms with Gasteiger partial charge in [-0.05, 0) is 61.0 Å². The molecule has 2 saturated carbocycles. The average Bonchev–Trinajstić information content (AvgIpc) is 3.31. The lowest BCUT2D eigenvalue weighted by molar-refractivity contribution is 0.211. The van der Waals surface area contributed by atoms with Crippen molar-refractivity contribution in [3.63, 3.8) is 0 Å². The largest absolute Gasteiger partial charge is 0.316 e. The molecule has 2 fully saturated rings. The molecule has 0 spiro atoms. The molecule has 1 heteroatoms. The lowest BCUT2D eigenvalue weighted by atomic mass is 9.78. The van der Waals surface area contributed by atoms with Gasteiger partial charge in [0.05, 0.1) is 0 Å². The molecule has 1 aromatic carbocycles. The fourth-order valence-electron chi connectivity index (χ4n) is 3.85. The first-order valence-electron chi connectivity index (χ1n) is 8.01. The van der Waals surface area contributed by atoms with Gasteiger partial charge >= 0.3 is 0 Å². The van der Waals surface area contributed by atoms with Crippen LogP contribution in [0.4, 0.5) is 0 Å². The molecule has 0 bridgehead atoms. The molecule has 0 aromatic heterocycles. The van der Waals surface area contributed by atoms with Gasteiger partial charge in [-0.1, -0.05) is 44.2 Å². The molecule has 0 heterocycles. The van der Waals surface area contributed by atoms with Crippen LogP contribution in [0.5, 0.6) is 0 Å². The van der Waals surface area contributed by atoms with Gasteiger partial charge in [-0.2, -0.15) is 0 Å². The molecule has 0 amide bonds. The highest BCUT2D eigenvalue weighted by molar-refractivity contribution is 5.28. The predicted molar refractivity (Wildman–Crippen MR) is 81.3 cm³/mol. The molecule has 3 rings (SSSR count). The van der Waals surface area contributed by atoms with E-state index in [4.69, 9.17) is 0 Å². The summed E-state index contributed by atoms with van der Waals surface area (Å²) >= 11 is 0. The van der Waals surface area contributed by atoms with E-state index in [-0.39, 0.29) is 0 Å². The molecule has 0 radical (unpaired) electrons. The van der Waals surface area contributed by atoms with Gasteiger partial charge in [0, 0.05) is 6.54 Å². The second kappa shape index (κ2) is 5.28. The average molecular weight is 257 g/mol. The minimum atomic E-state index is 0.537. The van der Waals surface area contributed by atoms with E-state index in [1.165, 1.54) is 38.8 Å². The van der Waals surface area contributed by atoms with Crippen LogP contribution in [0, 0.1) is 17.3 Å². The van der Waals surface area contributed by atoms with Crippen molar-refractivity contribution in [3.8, 4) is 0 Å². The number of hydrogen-bond acceptors (Lipinski definition) is 1. The van der Waals surface area contributed by atoms with Gasteiger partial charge in [-0.3, -0.25) is 0 Å². The van der Waals surface area contributed by atoms with E-state index >= 15 is 0 Å². The van der Waals surface area contributed by atoms with Crippen LogP contribution in [0.1, 0.15) is 51.0 Å². The van der Waals surface area contributed by atoms with Crippen molar-refractivity contribution in [2.24, 2.45) is 17.3 Å². The van der Waals surface area contributed by atoms with E-state index in [1.54, 1.807) is 5.56 Å². The first-order valence-corrected chi connectivity index (χ1v) is 8.01. The minimum absolute atomic E-state index is 0.537. The Kier molecular flexibility index (Phi) is 3.66. The number of rotatable bonds is 7. The van der Waals surface area contributed by atoms with E-state index in [1.807, 2.05) is 0 Å². The first-order chi connectivity index (χ1) is 9.25. The van der Waals surface area contributed by atoms with E-state index in [2.05, 4.69) is 49.5 Å². The summed E-state index contributed by atoms with van der Waals surface area (Å²) < 4.78 is 0. The maximum atomic E-state index is 3.69. The van der Waals surface area contributed by atoms with Crippen LogP contribution in [-0.4, -0.2) is 13.1 Å². The van der Waals surface area contributed by atoms with Crippen LogP contribution in [0.25, 0.3) is 0 Å². The zero-order valence-corrected chi connectivity index (χ0v) is 12.4. The third kappa shape index (κ3) is 2.72. The van der Waals surface area contributed by atoms with Crippen LogP contribution < -0.4 is 5.32 Å². The Hall–Kier alpha value is -0.820. The van der Waals surface area contributed by atoms with E-state index in [0.717, 1.165) is 17.8 Å². The molecule has 2 aliphatic rings. The third-order valence-corrected chi connectivity index (χ3v) is 5.31. The lowest BCUT2D eigenvalue weighted by Gasteiger charge is -2.31. The summed E-state index contributed by atoms with van der Waals surface area (Å²) in [5.74, 6) is 2.72. The summed E-state index contributed by atoms with van der Waals surface area (Å²) in [6, 6.07) is 11.1. The van der Waals surface area contributed by atoms with E-state index in [0.29, 0.717) is 5.41 Å². The fourth-order valence-corrected chi connectivity index (χ4v) is 3.85. The molecule has 19 heavy (non-hydrogen) atoms. The zero-order valence-electron chi connectivity index (χ0n) is 12.4. The molecule has 1 aromatic rings. The quantitative estimate of drug-likeness (QED) is 0.722. The zero-order chi connectivity index (χ0) is 13.3. The van der Waals surface area contributed by atoms with Crippen molar-refractivity contribution >= 4 is 0 Å². The van der Waals surface area contributed by atoms with Crippen molar-refractivity contribution in [2.75, 3.05) is 13.1 Å². The van der Waals surface area contributed by atoms with Gasteiger partial charge in [0.15, 0.2) is 0 Å². The van der Waals surface area contributed by atoms with Crippen LogP contribution >= 0.6 is 0 Å². The van der Waals surface area contributed by atoms with Gasteiger partial charge in [-0.25, -0.2) is 0 Å². The van der Waals surface area contributed by atoms with Crippen LogP contribution in [-0.2, 0) is 0 Å². The van der Waals surface area contributed by atoms with Gasteiger partial charge < -0.3 is 5.32 Å². The van der Waals surface area contributed by atoms with Crippen LogP contribution in [0.15, 0.2) is 30.3 Å². The first kappa shape index (κ1) is 13.2. The Morgan fingerprint density at radius 2 is 1.95 bits per heavy atom. The van der Waals surface area contributed by atoms with Gasteiger partial charge in [-0.15, -0.1) is 0 Å². The summed E-state index contributed by atoms with van der Waals surface area (Å²) in [6.45, 7) is 7.19. The maximum Gasteiger partial charge on any atom is 0.00107 e. The smallest absolute Gasteiger partial charge is 0.00107 e. The molecule has 1 N–H and O–H groups in total. The minimum Gasteiger partial charge on any atom is -0.316 e. The van der Waals surface area contributed by atoms with Gasteiger partial charge in [0.25, 0.3) is 0 Å². The Morgan fingerprint density at radius 3 is 2.58 bits per heavy atom. The van der Waals surface area contributed by atoms with Gasteiger partial charge in [0.2, 0.25) is 0 Å². The van der Waals surface area contributed by atoms with E-state index < -0.39 is 0 Å². The highest BCUT2D eigenvalue weighted by Gasteiger charge is 2.56. The number of hydrogen-bond donors (Lipinski definition) is 1. The summed E-state index contributed by atoms with van der Waals surface area (Å²) in [4.78, 5) is 0. The summed E-state index contributed by atoms with van der Waals surface area (Å²) in [6.07, 6.45) is 5.57. The normalized spacial score (nSPS) is 28.9. The molecule has 104 valence electrons. The Bertz CT molecular complexity index is 409. The Balaban J connectivity index is 1.66. The van der Waals surface area contributed by atoms with E-state index in [9.17, 15) is 0 Å². The molecule has 3 atom stereocenters. The fraction of sp³-hybridized carbons (Fsp3) is 0.667. The second-order valence-electron chi connectivity index (χ2n) is 6.82. The Morgan fingerprint density at radius 1 is 1.21 bits per heavy atom. The molecule has 3 unspecified atom stereocenters. The molecule has 1 nitrogen and oxygen atoms in total. The standard InChI is InChI=1S/C18H27N/c1-3-11-19-13-18(2,15-9-10-15)17-12-16(17)14-7-5-4-6-8-14/h4-8,15-17,19H,3,9-13H2,1-2H3. The topological polar surface area (TPSA) is 12.0 Å². The monoisotopic (exact) mass is 257 g/mol.